The molecule has 0 saturated heterocycles. The normalized spacial score (nSPS) is 13.7. The van der Waals surface area contributed by atoms with Crippen LogP contribution in [0.15, 0.2) is 42.5 Å². The van der Waals surface area contributed by atoms with Gasteiger partial charge in [0.2, 0.25) is 0 Å². The van der Waals surface area contributed by atoms with E-state index in [4.69, 9.17) is 4.74 Å². The average Bonchev–Trinajstić information content (AvgIpc) is 2.53. The summed E-state index contributed by atoms with van der Waals surface area (Å²) in [6.07, 6.45) is 4.82. The molecular formula is C19H32GeO. The Balaban J connectivity index is 2.29. The maximum atomic E-state index is 5.81. The molecule has 1 atom stereocenters. The molecule has 0 amide bonds. The topological polar surface area (TPSA) is 9.23 Å². The number of rotatable bonds is 10. The van der Waals surface area contributed by atoms with Crippen molar-refractivity contribution in [3.8, 4) is 0 Å². The van der Waals surface area contributed by atoms with Crippen LogP contribution in [-0.4, -0.2) is 19.9 Å². The van der Waals surface area contributed by atoms with Gasteiger partial charge in [0.05, 0.1) is 0 Å². The standard InChI is InChI=1S/C19H32GeO/c1-5-20(6-2,7-3)15-11-12-18(4)16-21-17-19-13-9-8-10-14-19/h8-14,18H,5-7,15-17H2,1-4H3/b12-11+/t18-/m1/s1. The van der Waals surface area contributed by atoms with E-state index in [0.717, 1.165) is 13.2 Å². The molecule has 0 saturated carbocycles. The summed E-state index contributed by atoms with van der Waals surface area (Å²) < 4.78 is 5.81. The van der Waals surface area contributed by atoms with Crippen LogP contribution in [0.25, 0.3) is 0 Å². The van der Waals surface area contributed by atoms with Gasteiger partial charge in [-0.05, 0) is 0 Å². The number of ether oxygens (including phenoxy) is 1. The van der Waals surface area contributed by atoms with Crippen molar-refractivity contribution < 1.29 is 4.74 Å². The van der Waals surface area contributed by atoms with Gasteiger partial charge in [0, 0.05) is 0 Å². The Kier molecular flexibility index (Phi) is 9.02. The molecule has 0 aromatic heterocycles. The van der Waals surface area contributed by atoms with Crippen LogP contribution in [0.1, 0.15) is 33.3 Å². The van der Waals surface area contributed by atoms with Gasteiger partial charge < -0.3 is 0 Å². The summed E-state index contributed by atoms with van der Waals surface area (Å²) in [7, 11) is 0. The molecule has 1 rings (SSSR count). The number of hydrogen-bond acceptors (Lipinski definition) is 1. The first-order chi connectivity index (χ1) is 10.2. The number of allylic oxidation sites excluding steroid dienone is 1. The van der Waals surface area contributed by atoms with Crippen LogP contribution in [0, 0.1) is 5.92 Å². The van der Waals surface area contributed by atoms with Gasteiger partial charge in [0.25, 0.3) is 0 Å². The Morgan fingerprint density at radius 2 is 1.67 bits per heavy atom. The zero-order valence-corrected chi connectivity index (χ0v) is 16.4. The predicted molar refractivity (Wildman–Crippen MR) is 96.4 cm³/mol. The first-order valence-electron chi connectivity index (χ1n) is 8.44. The predicted octanol–water partition coefficient (Wildman–Crippen LogP) is 5.90. The number of benzene rings is 1. The van der Waals surface area contributed by atoms with Crippen molar-refractivity contribution in [2.45, 2.75) is 55.3 Å². The third-order valence-electron chi connectivity index (χ3n) is 4.76. The second kappa shape index (κ2) is 10.2. The molecule has 0 unspecified atom stereocenters. The average molecular weight is 349 g/mol. The van der Waals surface area contributed by atoms with E-state index in [9.17, 15) is 0 Å². The van der Waals surface area contributed by atoms with Crippen molar-refractivity contribution in [3.63, 3.8) is 0 Å². The molecule has 0 aliphatic heterocycles. The molecule has 0 bridgehead atoms. The molecule has 0 heterocycles. The molecule has 1 aromatic carbocycles. The van der Waals surface area contributed by atoms with E-state index in [1.807, 2.05) is 6.07 Å². The van der Waals surface area contributed by atoms with Crippen LogP contribution in [-0.2, 0) is 11.3 Å². The molecule has 118 valence electrons. The first-order valence-corrected chi connectivity index (χ1v) is 14.4. The molecule has 1 aromatic rings. The zero-order valence-electron chi connectivity index (χ0n) is 14.3. The molecule has 1 nitrogen and oxygen atoms in total. The molecule has 0 aliphatic rings. The van der Waals surface area contributed by atoms with Crippen LogP contribution in [0.2, 0.25) is 21.0 Å². The van der Waals surface area contributed by atoms with E-state index in [1.165, 1.54) is 26.6 Å². The van der Waals surface area contributed by atoms with E-state index < -0.39 is 13.3 Å². The van der Waals surface area contributed by atoms with Crippen LogP contribution in [0.5, 0.6) is 0 Å². The SMILES string of the molecule is C[CH2][Ge]([CH2]C)([CH2]C)[CH2]/C=C/[C@@H](C)COCc1ccccc1. The third kappa shape index (κ3) is 6.84. The Labute approximate surface area is 134 Å². The minimum absolute atomic E-state index is 0.513. The Hall–Kier alpha value is -0.537. The second-order valence-electron chi connectivity index (χ2n) is 6.17. The van der Waals surface area contributed by atoms with Crippen molar-refractivity contribution in [2.24, 2.45) is 5.92 Å². The van der Waals surface area contributed by atoms with E-state index in [2.05, 4.69) is 64.1 Å². The third-order valence-corrected chi connectivity index (χ3v) is 16.5. The fourth-order valence-electron chi connectivity index (χ4n) is 2.73. The van der Waals surface area contributed by atoms with E-state index >= 15 is 0 Å². The van der Waals surface area contributed by atoms with Crippen LogP contribution >= 0.6 is 0 Å². The second-order valence-corrected chi connectivity index (χ2v) is 17.8. The quantitative estimate of drug-likeness (QED) is 0.377. The van der Waals surface area contributed by atoms with Crippen LogP contribution in [0.3, 0.4) is 0 Å². The molecule has 0 radical (unpaired) electrons. The van der Waals surface area contributed by atoms with Gasteiger partial charge in [-0.3, -0.25) is 0 Å². The molecule has 0 aliphatic carbocycles. The molecule has 21 heavy (non-hydrogen) atoms. The molecular weight excluding hydrogens is 317 g/mol. The molecule has 0 N–H and O–H groups in total. The van der Waals surface area contributed by atoms with Gasteiger partial charge in [0.15, 0.2) is 0 Å². The summed E-state index contributed by atoms with van der Waals surface area (Å²) in [4.78, 5) is 0. The summed E-state index contributed by atoms with van der Waals surface area (Å²) >= 11 is -1.52. The first kappa shape index (κ1) is 18.5. The van der Waals surface area contributed by atoms with E-state index in [1.54, 1.807) is 0 Å². The Morgan fingerprint density at radius 1 is 1.05 bits per heavy atom. The van der Waals surface area contributed by atoms with Crippen LogP contribution < -0.4 is 0 Å². The van der Waals surface area contributed by atoms with Gasteiger partial charge in [0.1, 0.15) is 0 Å². The summed E-state index contributed by atoms with van der Waals surface area (Å²) in [5.41, 5.74) is 1.26. The summed E-state index contributed by atoms with van der Waals surface area (Å²) in [5.74, 6) is 0.513. The number of hydrogen-bond donors (Lipinski definition) is 0. The Morgan fingerprint density at radius 3 is 2.24 bits per heavy atom. The van der Waals surface area contributed by atoms with E-state index in [0.29, 0.717) is 5.92 Å². The van der Waals surface area contributed by atoms with Crippen molar-refractivity contribution in [2.75, 3.05) is 6.61 Å². The fourth-order valence-corrected chi connectivity index (χ4v) is 9.02. The van der Waals surface area contributed by atoms with Crippen molar-refractivity contribution in [1.29, 1.82) is 0 Å². The Bertz CT molecular complexity index is 387. The zero-order chi connectivity index (χ0) is 15.6. The van der Waals surface area contributed by atoms with E-state index in [-0.39, 0.29) is 0 Å². The van der Waals surface area contributed by atoms with Gasteiger partial charge in [-0.1, -0.05) is 0 Å². The fraction of sp³-hybridized carbons (Fsp3) is 0.579. The van der Waals surface area contributed by atoms with Gasteiger partial charge in [-0.2, -0.15) is 0 Å². The van der Waals surface area contributed by atoms with Gasteiger partial charge in [-0.25, -0.2) is 0 Å². The van der Waals surface area contributed by atoms with Crippen molar-refractivity contribution >= 4 is 13.3 Å². The maximum absolute atomic E-state index is 5.81. The van der Waals surface area contributed by atoms with Gasteiger partial charge >= 0.3 is 134 Å². The molecule has 0 fully saturated rings. The van der Waals surface area contributed by atoms with Crippen molar-refractivity contribution in [1.82, 2.24) is 0 Å². The summed E-state index contributed by atoms with van der Waals surface area (Å²) in [5, 5.41) is 5.75. The minimum atomic E-state index is -1.52. The molecule has 2 heteroatoms. The monoisotopic (exact) mass is 350 g/mol. The summed E-state index contributed by atoms with van der Waals surface area (Å²) in [6.45, 7) is 11.0. The molecule has 0 spiro atoms. The van der Waals surface area contributed by atoms with Crippen LogP contribution in [0.4, 0.5) is 0 Å². The van der Waals surface area contributed by atoms with Gasteiger partial charge in [-0.15, -0.1) is 0 Å². The summed E-state index contributed by atoms with van der Waals surface area (Å²) in [6, 6.07) is 10.4. The van der Waals surface area contributed by atoms with Crippen molar-refractivity contribution in [3.05, 3.63) is 48.0 Å².